The van der Waals surface area contributed by atoms with Gasteiger partial charge >= 0.3 is 0 Å². The van der Waals surface area contributed by atoms with E-state index in [1.54, 1.807) is 25.1 Å². The van der Waals surface area contributed by atoms with Crippen LogP contribution in [0.3, 0.4) is 0 Å². The van der Waals surface area contributed by atoms with Crippen LogP contribution in [-0.4, -0.2) is 36.1 Å². The summed E-state index contributed by atoms with van der Waals surface area (Å²) < 4.78 is 12.6. The Morgan fingerprint density at radius 3 is 2.59 bits per heavy atom. The summed E-state index contributed by atoms with van der Waals surface area (Å²) in [5.74, 6) is 1.09. The molecular formula is C20H20N4O3. The number of hydrogen-bond donors (Lipinski definition) is 1. The van der Waals surface area contributed by atoms with E-state index in [1.165, 1.54) is 6.92 Å². The molecule has 0 radical (unpaired) electrons. The van der Waals surface area contributed by atoms with Crippen molar-refractivity contribution in [3.8, 4) is 28.4 Å². The van der Waals surface area contributed by atoms with Gasteiger partial charge in [-0.05, 0) is 30.3 Å². The van der Waals surface area contributed by atoms with Crippen LogP contribution in [0.25, 0.3) is 16.9 Å². The third-order valence-corrected chi connectivity index (χ3v) is 3.85. The molecule has 1 heterocycles. The Hall–Kier alpha value is -3.61. The number of para-hydroxylation sites is 1. The fraction of sp³-hybridized carbons (Fsp3) is 0.150. The van der Waals surface area contributed by atoms with E-state index < -0.39 is 0 Å². The van der Waals surface area contributed by atoms with Crippen molar-refractivity contribution in [2.24, 2.45) is 5.10 Å². The highest BCUT2D eigenvalue weighted by Gasteiger charge is 2.16. The third kappa shape index (κ3) is 4.14. The van der Waals surface area contributed by atoms with Gasteiger partial charge < -0.3 is 9.47 Å². The summed E-state index contributed by atoms with van der Waals surface area (Å²) in [5.41, 5.74) is 5.45. The van der Waals surface area contributed by atoms with Gasteiger partial charge in [0, 0.05) is 24.2 Å². The van der Waals surface area contributed by atoms with E-state index in [4.69, 9.17) is 14.6 Å². The van der Waals surface area contributed by atoms with E-state index in [0.717, 1.165) is 16.8 Å². The fourth-order valence-electron chi connectivity index (χ4n) is 2.60. The number of nitrogens with zero attached hydrogens (tertiary/aromatic N) is 3. The molecule has 0 saturated heterocycles. The number of carbonyl (C=O) groups excluding carboxylic acids is 1. The standard InChI is InChI=1S/C20H20N4O3/c1-14(25)22-21-12-15-13-24(16-7-5-4-6-8-16)23-20(15)18-11-17(26-2)9-10-19(18)27-3/h4-13H,1-3H3,(H,22,25)/b21-12-. The zero-order valence-corrected chi connectivity index (χ0v) is 15.3. The lowest BCUT2D eigenvalue weighted by atomic mass is 10.1. The van der Waals surface area contributed by atoms with Gasteiger partial charge in [0.2, 0.25) is 5.91 Å². The van der Waals surface area contributed by atoms with E-state index in [2.05, 4.69) is 10.5 Å². The molecule has 7 nitrogen and oxygen atoms in total. The maximum Gasteiger partial charge on any atom is 0.236 e. The second-order valence-electron chi connectivity index (χ2n) is 5.71. The molecule has 27 heavy (non-hydrogen) atoms. The molecule has 2 aromatic carbocycles. The molecule has 0 saturated carbocycles. The SMILES string of the molecule is COc1ccc(OC)c(-c2nn(-c3ccccc3)cc2/C=N\NC(C)=O)c1. The lowest BCUT2D eigenvalue weighted by Crippen LogP contribution is -2.12. The van der Waals surface area contributed by atoms with Crippen LogP contribution in [-0.2, 0) is 4.79 Å². The van der Waals surface area contributed by atoms with Crippen LogP contribution in [0, 0.1) is 0 Å². The molecule has 0 unspecified atom stereocenters. The summed E-state index contributed by atoms with van der Waals surface area (Å²) in [5, 5.41) is 8.69. The number of benzene rings is 2. The molecule has 3 rings (SSSR count). The zero-order valence-electron chi connectivity index (χ0n) is 15.3. The summed E-state index contributed by atoms with van der Waals surface area (Å²) in [4.78, 5) is 11.1. The van der Waals surface area contributed by atoms with Gasteiger partial charge in [0.25, 0.3) is 0 Å². The molecule has 0 atom stereocenters. The predicted molar refractivity (Wildman–Crippen MR) is 104 cm³/mol. The Bertz CT molecular complexity index is 965. The number of aromatic nitrogens is 2. The molecule has 0 spiro atoms. The second-order valence-corrected chi connectivity index (χ2v) is 5.71. The average Bonchev–Trinajstić information content (AvgIpc) is 3.12. The highest BCUT2D eigenvalue weighted by atomic mass is 16.5. The van der Waals surface area contributed by atoms with E-state index in [1.807, 2.05) is 54.7 Å². The monoisotopic (exact) mass is 364 g/mol. The van der Waals surface area contributed by atoms with Gasteiger partial charge in [0.15, 0.2) is 0 Å². The van der Waals surface area contributed by atoms with E-state index in [-0.39, 0.29) is 5.91 Å². The van der Waals surface area contributed by atoms with Crippen LogP contribution in [0.4, 0.5) is 0 Å². The van der Waals surface area contributed by atoms with Gasteiger partial charge in [-0.3, -0.25) is 4.79 Å². The third-order valence-electron chi connectivity index (χ3n) is 3.85. The lowest BCUT2D eigenvalue weighted by Gasteiger charge is -2.09. The summed E-state index contributed by atoms with van der Waals surface area (Å²) in [6, 6.07) is 15.2. The van der Waals surface area contributed by atoms with Gasteiger partial charge in [-0.15, -0.1) is 0 Å². The van der Waals surface area contributed by atoms with Crippen LogP contribution in [0.2, 0.25) is 0 Å². The van der Waals surface area contributed by atoms with Gasteiger partial charge in [-0.1, -0.05) is 18.2 Å². The molecular weight excluding hydrogens is 344 g/mol. The van der Waals surface area contributed by atoms with Gasteiger partial charge in [0.1, 0.15) is 17.2 Å². The number of amides is 1. The minimum atomic E-state index is -0.248. The first kappa shape index (κ1) is 18.2. The molecule has 138 valence electrons. The fourth-order valence-corrected chi connectivity index (χ4v) is 2.60. The number of hydrazone groups is 1. The van der Waals surface area contributed by atoms with E-state index in [0.29, 0.717) is 17.2 Å². The van der Waals surface area contributed by atoms with Gasteiger partial charge in [-0.2, -0.15) is 10.2 Å². The molecule has 7 heteroatoms. The molecule has 1 N–H and O–H groups in total. The molecule has 0 fully saturated rings. The van der Waals surface area contributed by atoms with Crippen molar-refractivity contribution in [2.45, 2.75) is 6.92 Å². The maximum atomic E-state index is 11.1. The Labute approximate surface area is 157 Å². The van der Waals surface area contributed by atoms with Crippen LogP contribution < -0.4 is 14.9 Å². The lowest BCUT2D eigenvalue weighted by molar-refractivity contribution is -0.118. The summed E-state index contributed by atoms with van der Waals surface area (Å²) in [6.07, 6.45) is 3.40. The first-order valence-electron chi connectivity index (χ1n) is 8.29. The summed E-state index contributed by atoms with van der Waals surface area (Å²) in [6.45, 7) is 1.40. The highest BCUT2D eigenvalue weighted by molar-refractivity contribution is 5.91. The topological polar surface area (TPSA) is 77.7 Å². The molecule has 0 aliphatic carbocycles. The summed E-state index contributed by atoms with van der Waals surface area (Å²) >= 11 is 0. The molecule has 0 bridgehead atoms. The number of rotatable bonds is 6. The smallest absolute Gasteiger partial charge is 0.236 e. The number of ether oxygens (including phenoxy) is 2. The second kappa shape index (κ2) is 8.18. The largest absolute Gasteiger partial charge is 0.497 e. The van der Waals surface area contributed by atoms with Crippen molar-refractivity contribution in [3.05, 3.63) is 60.3 Å². The predicted octanol–water partition coefficient (Wildman–Crippen LogP) is 3.03. The van der Waals surface area contributed by atoms with Crippen molar-refractivity contribution in [2.75, 3.05) is 14.2 Å². The average molecular weight is 364 g/mol. The van der Waals surface area contributed by atoms with Crippen molar-refractivity contribution in [1.82, 2.24) is 15.2 Å². The Balaban J connectivity index is 2.14. The van der Waals surface area contributed by atoms with Crippen LogP contribution >= 0.6 is 0 Å². The molecule has 0 aliphatic rings. The minimum Gasteiger partial charge on any atom is -0.497 e. The van der Waals surface area contributed by atoms with Crippen molar-refractivity contribution < 1.29 is 14.3 Å². The highest BCUT2D eigenvalue weighted by Crippen LogP contribution is 2.34. The number of carbonyl (C=O) groups is 1. The summed E-state index contributed by atoms with van der Waals surface area (Å²) in [7, 11) is 3.21. The number of nitrogens with one attached hydrogen (secondary N) is 1. The van der Waals surface area contributed by atoms with Crippen LogP contribution in [0.15, 0.2) is 59.8 Å². The number of methoxy groups -OCH3 is 2. The Kier molecular flexibility index (Phi) is 5.51. The van der Waals surface area contributed by atoms with Crippen molar-refractivity contribution in [3.63, 3.8) is 0 Å². The first-order valence-corrected chi connectivity index (χ1v) is 8.29. The van der Waals surface area contributed by atoms with E-state index >= 15 is 0 Å². The number of hydrogen-bond acceptors (Lipinski definition) is 5. The Morgan fingerprint density at radius 2 is 1.93 bits per heavy atom. The quantitative estimate of drug-likeness (QED) is 0.539. The van der Waals surface area contributed by atoms with Crippen molar-refractivity contribution >= 4 is 12.1 Å². The van der Waals surface area contributed by atoms with Gasteiger partial charge in [-0.25, -0.2) is 10.1 Å². The van der Waals surface area contributed by atoms with E-state index in [9.17, 15) is 4.79 Å². The first-order chi connectivity index (χ1) is 13.1. The van der Waals surface area contributed by atoms with Gasteiger partial charge in [0.05, 0.1) is 26.1 Å². The zero-order chi connectivity index (χ0) is 19.2. The molecule has 0 aliphatic heterocycles. The molecule has 1 amide bonds. The molecule has 3 aromatic rings. The maximum absolute atomic E-state index is 11.1. The molecule has 1 aromatic heterocycles. The normalized spacial score (nSPS) is 10.8. The van der Waals surface area contributed by atoms with Crippen LogP contribution in [0.1, 0.15) is 12.5 Å². The Morgan fingerprint density at radius 1 is 1.15 bits per heavy atom. The minimum absolute atomic E-state index is 0.248. The van der Waals surface area contributed by atoms with Crippen LogP contribution in [0.5, 0.6) is 11.5 Å². The van der Waals surface area contributed by atoms with Crippen molar-refractivity contribution in [1.29, 1.82) is 0 Å².